The molecule has 1 saturated heterocycles. The summed E-state index contributed by atoms with van der Waals surface area (Å²) >= 11 is 0. The minimum absolute atomic E-state index is 0.00306. The number of hydrogen-bond donors (Lipinski definition) is 0. The van der Waals surface area contributed by atoms with Gasteiger partial charge in [-0.15, -0.1) is 0 Å². The van der Waals surface area contributed by atoms with E-state index in [0.29, 0.717) is 47.7 Å². The van der Waals surface area contributed by atoms with Crippen molar-refractivity contribution in [1.29, 1.82) is 0 Å². The molecule has 1 unspecified atom stereocenters. The topological polar surface area (TPSA) is 96.2 Å². The molecule has 0 spiro atoms. The van der Waals surface area contributed by atoms with Crippen LogP contribution in [0.15, 0.2) is 40.9 Å². The van der Waals surface area contributed by atoms with Crippen molar-refractivity contribution in [3.8, 4) is 34.4 Å². The zero-order valence-electron chi connectivity index (χ0n) is 15.2. The molecule has 1 fully saturated rings. The van der Waals surface area contributed by atoms with Crippen LogP contribution in [0.4, 0.5) is 5.69 Å². The number of fused-ring (bicyclic) bond motifs is 2. The third kappa shape index (κ3) is 2.65. The molecular weight excluding hydrogens is 378 g/mol. The van der Waals surface area contributed by atoms with Crippen LogP contribution in [-0.2, 0) is 4.79 Å². The molecule has 4 heterocycles. The van der Waals surface area contributed by atoms with Crippen LogP contribution in [0.2, 0.25) is 0 Å². The summed E-state index contributed by atoms with van der Waals surface area (Å²) in [6.07, 6.45) is 0.303. The van der Waals surface area contributed by atoms with Gasteiger partial charge in [0.25, 0.3) is 0 Å². The predicted molar refractivity (Wildman–Crippen MR) is 98.1 cm³/mol. The number of aromatic nitrogens is 2. The molecule has 0 radical (unpaired) electrons. The molecule has 3 aromatic rings. The van der Waals surface area contributed by atoms with Crippen molar-refractivity contribution in [2.45, 2.75) is 12.3 Å². The van der Waals surface area contributed by atoms with Gasteiger partial charge in [-0.3, -0.25) is 4.79 Å². The largest absolute Gasteiger partial charge is 0.454 e. The Morgan fingerprint density at radius 2 is 1.62 bits per heavy atom. The van der Waals surface area contributed by atoms with E-state index in [1.165, 1.54) is 0 Å². The van der Waals surface area contributed by atoms with Gasteiger partial charge in [0.05, 0.1) is 5.92 Å². The van der Waals surface area contributed by atoms with Gasteiger partial charge in [-0.2, -0.15) is 4.98 Å². The first-order valence-corrected chi connectivity index (χ1v) is 9.18. The highest BCUT2D eigenvalue weighted by Crippen LogP contribution is 2.39. The normalized spacial score (nSPS) is 19.2. The first-order chi connectivity index (χ1) is 14.2. The smallest absolute Gasteiger partial charge is 0.232 e. The van der Waals surface area contributed by atoms with Crippen LogP contribution in [0, 0.1) is 0 Å². The molecule has 2 aromatic carbocycles. The molecule has 0 aliphatic carbocycles. The third-order valence-corrected chi connectivity index (χ3v) is 5.21. The lowest BCUT2D eigenvalue weighted by Crippen LogP contribution is -2.24. The highest BCUT2D eigenvalue weighted by atomic mass is 16.7. The molecule has 3 aliphatic heterocycles. The van der Waals surface area contributed by atoms with E-state index in [-0.39, 0.29) is 25.4 Å². The zero-order chi connectivity index (χ0) is 19.4. The number of benzene rings is 2. The molecule has 1 atom stereocenters. The second-order valence-electron chi connectivity index (χ2n) is 6.97. The summed E-state index contributed by atoms with van der Waals surface area (Å²) in [5.74, 6) is 3.38. The Labute approximate surface area is 164 Å². The molecule has 1 aromatic heterocycles. The first-order valence-electron chi connectivity index (χ1n) is 9.18. The SMILES string of the molecule is O=C1CC(c2nc(-c3ccc4c(c3)OCO4)no2)CN1c1ccc2c(c1)OCO2. The van der Waals surface area contributed by atoms with Gasteiger partial charge in [-0.1, -0.05) is 5.16 Å². The van der Waals surface area contributed by atoms with Gasteiger partial charge in [0.1, 0.15) is 0 Å². The molecule has 146 valence electrons. The Bertz CT molecular complexity index is 1130. The molecule has 0 saturated carbocycles. The number of hydrogen-bond acceptors (Lipinski definition) is 8. The first kappa shape index (κ1) is 16.2. The van der Waals surface area contributed by atoms with Crippen LogP contribution >= 0.6 is 0 Å². The average molecular weight is 393 g/mol. The fourth-order valence-electron chi connectivity index (χ4n) is 3.73. The fourth-order valence-corrected chi connectivity index (χ4v) is 3.73. The summed E-state index contributed by atoms with van der Waals surface area (Å²) in [6.45, 7) is 0.859. The highest BCUT2D eigenvalue weighted by Gasteiger charge is 2.36. The predicted octanol–water partition coefficient (Wildman–Crippen LogP) is 2.71. The monoisotopic (exact) mass is 393 g/mol. The van der Waals surface area contributed by atoms with Gasteiger partial charge < -0.3 is 28.4 Å². The van der Waals surface area contributed by atoms with Crippen molar-refractivity contribution in [1.82, 2.24) is 10.1 Å². The fraction of sp³-hybridized carbons (Fsp3) is 0.250. The summed E-state index contributed by atoms with van der Waals surface area (Å²) in [7, 11) is 0. The minimum atomic E-state index is -0.178. The Hall–Kier alpha value is -3.75. The van der Waals surface area contributed by atoms with Crippen molar-refractivity contribution in [2.24, 2.45) is 0 Å². The molecule has 0 bridgehead atoms. The van der Waals surface area contributed by atoms with E-state index < -0.39 is 0 Å². The third-order valence-electron chi connectivity index (χ3n) is 5.21. The summed E-state index contributed by atoms with van der Waals surface area (Å²) in [6, 6.07) is 10.9. The molecule has 1 amide bonds. The second kappa shape index (κ2) is 6.13. The van der Waals surface area contributed by atoms with Gasteiger partial charge in [-0.05, 0) is 30.3 Å². The molecule has 29 heavy (non-hydrogen) atoms. The maximum Gasteiger partial charge on any atom is 0.232 e. The lowest BCUT2D eigenvalue weighted by Gasteiger charge is -2.16. The summed E-state index contributed by atoms with van der Waals surface area (Å²) in [5, 5.41) is 4.08. The van der Waals surface area contributed by atoms with Gasteiger partial charge in [-0.25, -0.2) is 0 Å². The summed E-state index contributed by atoms with van der Waals surface area (Å²) in [5.41, 5.74) is 1.53. The standard InChI is InChI=1S/C20H15N3O6/c24-18-6-12(8-23(18)13-2-4-15-17(7-13)28-10-26-15)20-21-19(22-29-20)11-1-3-14-16(5-11)27-9-25-14/h1-5,7,12H,6,8-10H2. The Balaban J connectivity index is 1.24. The lowest BCUT2D eigenvalue weighted by atomic mass is 10.1. The molecule has 6 rings (SSSR count). The lowest BCUT2D eigenvalue weighted by molar-refractivity contribution is -0.117. The van der Waals surface area contributed by atoms with Crippen molar-refractivity contribution in [3.63, 3.8) is 0 Å². The maximum atomic E-state index is 12.6. The molecule has 0 N–H and O–H groups in total. The average Bonchev–Trinajstić information content (AvgIpc) is 3.51. The number of carbonyl (C=O) groups excluding carboxylic acids is 1. The quantitative estimate of drug-likeness (QED) is 0.670. The van der Waals surface area contributed by atoms with E-state index in [0.717, 1.165) is 11.3 Å². The summed E-state index contributed by atoms with van der Waals surface area (Å²) in [4.78, 5) is 18.8. The van der Waals surface area contributed by atoms with E-state index in [1.807, 2.05) is 36.4 Å². The molecule has 9 heteroatoms. The second-order valence-corrected chi connectivity index (χ2v) is 6.97. The van der Waals surface area contributed by atoms with E-state index in [9.17, 15) is 4.79 Å². The number of amides is 1. The zero-order valence-corrected chi connectivity index (χ0v) is 15.2. The highest BCUT2D eigenvalue weighted by molar-refractivity contribution is 5.96. The van der Waals surface area contributed by atoms with Crippen LogP contribution < -0.4 is 23.8 Å². The van der Waals surface area contributed by atoms with Crippen LogP contribution in [0.5, 0.6) is 23.0 Å². The Morgan fingerprint density at radius 3 is 2.45 bits per heavy atom. The van der Waals surface area contributed by atoms with Crippen LogP contribution in [0.25, 0.3) is 11.4 Å². The van der Waals surface area contributed by atoms with Crippen LogP contribution in [-0.4, -0.2) is 36.2 Å². The van der Waals surface area contributed by atoms with Crippen molar-refractivity contribution < 1.29 is 28.3 Å². The van der Waals surface area contributed by atoms with E-state index in [2.05, 4.69) is 10.1 Å². The Kier molecular flexibility index (Phi) is 3.43. The number of anilines is 1. The van der Waals surface area contributed by atoms with Crippen molar-refractivity contribution in [2.75, 3.05) is 25.0 Å². The van der Waals surface area contributed by atoms with Crippen molar-refractivity contribution in [3.05, 3.63) is 42.3 Å². The number of nitrogens with zero attached hydrogens (tertiary/aromatic N) is 3. The maximum absolute atomic E-state index is 12.6. The van der Waals surface area contributed by atoms with Crippen LogP contribution in [0.3, 0.4) is 0 Å². The van der Waals surface area contributed by atoms with E-state index >= 15 is 0 Å². The summed E-state index contributed by atoms with van der Waals surface area (Å²) < 4.78 is 26.9. The Morgan fingerprint density at radius 1 is 0.897 bits per heavy atom. The van der Waals surface area contributed by atoms with Gasteiger partial charge in [0, 0.05) is 30.3 Å². The van der Waals surface area contributed by atoms with Crippen molar-refractivity contribution >= 4 is 11.6 Å². The number of ether oxygens (including phenoxy) is 4. The molecule has 9 nitrogen and oxygen atoms in total. The van der Waals surface area contributed by atoms with Gasteiger partial charge in [0.15, 0.2) is 23.0 Å². The molecule has 3 aliphatic rings. The van der Waals surface area contributed by atoms with E-state index in [4.69, 9.17) is 23.5 Å². The van der Waals surface area contributed by atoms with Crippen LogP contribution in [0.1, 0.15) is 18.2 Å². The number of rotatable bonds is 3. The minimum Gasteiger partial charge on any atom is -0.454 e. The van der Waals surface area contributed by atoms with Gasteiger partial charge >= 0.3 is 0 Å². The molecular formula is C20H15N3O6. The van der Waals surface area contributed by atoms with E-state index in [1.54, 1.807) is 4.90 Å². The van der Waals surface area contributed by atoms with Gasteiger partial charge in [0.2, 0.25) is 31.2 Å². The number of carbonyl (C=O) groups is 1.